The molecule has 0 radical (unpaired) electrons. The van der Waals surface area contributed by atoms with E-state index in [1.54, 1.807) is 0 Å². The molecule has 0 aliphatic carbocycles. The Bertz CT molecular complexity index is 445. The lowest BCUT2D eigenvalue weighted by Gasteiger charge is -2.23. The Morgan fingerprint density at radius 2 is 1.76 bits per heavy atom. The first-order valence-electron chi connectivity index (χ1n) is 7.09. The minimum atomic E-state index is -0.577. The number of anilines is 1. The summed E-state index contributed by atoms with van der Waals surface area (Å²) in [4.78, 5) is 13.9. The molecule has 0 aliphatic heterocycles. The zero-order valence-corrected chi connectivity index (χ0v) is 12.6. The molecule has 0 saturated heterocycles. The summed E-state index contributed by atoms with van der Waals surface area (Å²) in [7, 11) is 0. The first-order valence-corrected chi connectivity index (χ1v) is 7.09. The molecular formula is C15H23FN2O3. The van der Waals surface area contributed by atoms with Gasteiger partial charge in [0.1, 0.15) is 5.82 Å². The van der Waals surface area contributed by atoms with Crippen molar-refractivity contribution in [2.24, 2.45) is 0 Å². The van der Waals surface area contributed by atoms with Gasteiger partial charge >= 0.3 is 0 Å². The first-order chi connectivity index (χ1) is 10.1. The smallest absolute Gasteiger partial charge is 0.257 e. The second-order valence-corrected chi connectivity index (χ2v) is 4.43. The first kappa shape index (κ1) is 17.4. The maximum atomic E-state index is 13.8. The minimum Gasteiger partial charge on any atom is -0.399 e. The number of amides is 1. The largest absolute Gasteiger partial charge is 0.399 e. The number of nitrogen functional groups attached to an aromatic ring is 1. The van der Waals surface area contributed by atoms with E-state index in [4.69, 9.17) is 15.2 Å². The van der Waals surface area contributed by atoms with E-state index in [1.165, 1.54) is 23.1 Å². The fourth-order valence-corrected chi connectivity index (χ4v) is 1.83. The number of nitrogens with two attached hydrogens (primary N) is 1. The molecular weight excluding hydrogens is 275 g/mol. The third-order valence-corrected chi connectivity index (χ3v) is 2.93. The van der Waals surface area contributed by atoms with Gasteiger partial charge in [-0.15, -0.1) is 0 Å². The van der Waals surface area contributed by atoms with Gasteiger partial charge in [0.05, 0.1) is 18.8 Å². The predicted octanol–water partition coefficient (Wildman–Crippen LogP) is 1.92. The summed E-state index contributed by atoms with van der Waals surface area (Å²) in [6.45, 7) is 6.46. The number of rotatable bonds is 9. The molecule has 0 aliphatic rings. The van der Waals surface area contributed by atoms with Crippen LogP contribution in [0.4, 0.5) is 10.1 Å². The summed E-state index contributed by atoms with van der Waals surface area (Å²) >= 11 is 0. The van der Waals surface area contributed by atoms with Gasteiger partial charge < -0.3 is 20.1 Å². The van der Waals surface area contributed by atoms with Gasteiger partial charge in [-0.3, -0.25) is 4.79 Å². The highest BCUT2D eigenvalue weighted by molar-refractivity contribution is 5.95. The minimum absolute atomic E-state index is 0.0250. The van der Waals surface area contributed by atoms with Crippen molar-refractivity contribution in [1.29, 1.82) is 0 Å². The Labute approximate surface area is 124 Å². The quantitative estimate of drug-likeness (QED) is 0.559. The molecule has 0 fully saturated rings. The molecule has 21 heavy (non-hydrogen) atoms. The average Bonchev–Trinajstić information content (AvgIpc) is 2.48. The van der Waals surface area contributed by atoms with Crippen molar-refractivity contribution >= 4 is 11.6 Å². The highest BCUT2D eigenvalue weighted by Gasteiger charge is 2.19. The topological polar surface area (TPSA) is 64.8 Å². The molecule has 5 nitrogen and oxygen atoms in total. The molecule has 0 atom stereocenters. The third-order valence-electron chi connectivity index (χ3n) is 2.93. The van der Waals surface area contributed by atoms with Crippen LogP contribution in [0.25, 0.3) is 0 Å². The SMILES string of the molecule is CCOCCN(CCOCC)C(=O)c1cc(N)ccc1F. The maximum absolute atomic E-state index is 13.8. The molecule has 1 aromatic carbocycles. The fourth-order valence-electron chi connectivity index (χ4n) is 1.83. The van der Waals surface area contributed by atoms with E-state index in [-0.39, 0.29) is 5.56 Å². The molecule has 1 rings (SSSR count). The lowest BCUT2D eigenvalue weighted by Crippen LogP contribution is -2.37. The molecule has 0 unspecified atom stereocenters. The Hall–Kier alpha value is -1.66. The molecule has 6 heteroatoms. The van der Waals surface area contributed by atoms with Gasteiger partial charge in [0.2, 0.25) is 0 Å². The number of halogens is 1. The van der Waals surface area contributed by atoms with Gasteiger partial charge in [0.15, 0.2) is 0 Å². The average molecular weight is 298 g/mol. The number of hydrogen-bond donors (Lipinski definition) is 1. The number of ether oxygens (including phenoxy) is 2. The van der Waals surface area contributed by atoms with E-state index in [1.807, 2.05) is 13.8 Å². The van der Waals surface area contributed by atoms with Gasteiger partial charge in [0.25, 0.3) is 5.91 Å². The molecule has 0 saturated carbocycles. The Balaban J connectivity index is 2.79. The Kier molecular flexibility index (Phi) is 7.71. The molecule has 0 heterocycles. The number of carbonyl (C=O) groups excluding carboxylic acids is 1. The lowest BCUT2D eigenvalue weighted by molar-refractivity contribution is 0.0546. The number of hydrogen-bond acceptors (Lipinski definition) is 4. The van der Waals surface area contributed by atoms with E-state index >= 15 is 0 Å². The standard InChI is InChI=1S/C15H23FN2O3/c1-3-20-9-7-18(8-10-21-4-2)15(19)13-11-12(17)5-6-14(13)16/h5-6,11H,3-4,7-10,17H2,1-2H3. The van der Waals surface area contributed by atoms with Crippen molar-refractivity contribution in [1.82, 2.24) is 4.90 Å². The van der Waals surface area contributed by atoms with Crippen LogP contribution in [0.2, 0.25) is 0 Å². The highest BCUT2D eigenvalue weighted by atomic mass is 19.1. The Morgan fingerprint density at radius 1 is 1.19 bits per heavy atom. The summed E-state index contributed by atoms with van der Waals surface area (Å²) in [6.07, 6.45) is 0. The van der Waals surface area contributed by atoms with Gasteiger partial charge in [-0.05, 0) is 32.0 Å². The van der Waals surface area contributed by atoms with Gasteiger partial charge in [-0.1, -0.05) is 0 Å². The van der Waals surface area contributed by atoms with Crippen LogP contribution in [0.3, 0.4) is 0 Å². The van der Waals surface area contributed by atoms with Crippen molar-refractivity contribution in [3.63, 3.8) is 0 Å². The van der Waals surface area contributed by atoms with Gasteiger partial charge in [-0.2, -0.15) is 0 Å². The zero-order valence-electron chi connectivity index (χ0n) is 12.6. The lowest BCUT2D eigenvalue weighted by atomic mass is 10.1. The zero-order chi connectivity index (χ0) is 15.7. The monoisotopic (exact) mass is 298 g/mol. The normalized spacial score (nSPS) is 10.6. The van der Waals surface area contributed by atoms with Gasteiger partial charge in [0, 0.05) is 32.0 Å². The van der Waals surface area contributed by atoms with Crippen LogP contribution >= 0.6 is 0 Å². The van der Waals surface area contributed by atoms with Crippen LogP contribution in [0.5, 0.6) is 0 Å². The molecule has 1 aromatic rings. The second kappa shape index (κ2) is 9.31. The van der Waals surface area contributed by atoms with Gasteiger partial charge in [-0.25, -0.2) is 4.39 Å². The maximum Gasteiger partial charge on any atom is 0.257 e. The van der Waals surface area contributed by atoms with Crippen molar-refractivity contribution in [3.8, 4) is 0 Å². The molecule has 2 N–H and O–H groups in total. The van der Waals surface area contributed by atoms with Crippen LogP contribution in [-0.2, 0) is 9.47 Å². The summed E-state index contributed by atoms with van der Waals surface area (Å²) in [5.74, 6) is -0.980. The number of benzene rings is 1. The second-order valence-electron chi connectivity index (χ2n) is 4.43. The van der Waals surface area contributed by atoms with Crippen LogP contribution < -0.4 is 5.73 Å². The van der Waals surface area contributed by atoms with E-state index in [0.717, 1.165) is 0 Å². The molecule has 0 spiro atoms. The van der Waals surface area contributed by atoms with E-state index < -0.39 is 11.7 Å². The molecule has 1 amide bonds. The van der Waals surface area contributed by atoms with Crippen molar-refractivity contribution in [3.05, 3.63) is 29.6 Å². The number of nitrogens with zero attached hydrogens (tertiary/aromatic N) is 1. The van der Waals surface area contributed by atoms with Crippen LogP contribution in [0.15, 0.2) is 18.2 Å². The fraction of sp³-hybridized carbons (Fsp3) is 0.533. The molecule has 0 bridgehead atoms. The predicted molar refractivity (Wildman–Crippen MR) is 79.7 cm³/mol. The summed E-state index contributed by atoms with van der Waals surface area (Å²) in [5.41, 5.74) is 5.95. The number of carbonyl (C=O) groups is 1. The van der Waals surface area contributed by atoms with Crippen molar-refractivity contribution < 1.29 is 18.7 Å². The summed E-state index contributed by atoms with van der Waals surface area (Å²) in [6, 6.07) is 3.98. The van der Waals surface area contributed by atoms with Crippen LogP contribution in [0, 0.1) is 5.82 Å². The van der Waals surface area contributed by atoms with Crippen LogP contribution in [0.1, 0.15) is 24.2 Å². The van der Waals surface area contributed by atoms with E-state index in [2.05, 4.69) is 0 Å². The third kappa shape index (κ3) is 5.69. The molecule has 0 aromatic heterocycles. The molecule has 118 valence electrons. The van der Waals surface area contributed by atoms with E-state index in [0.29, 0.717) is 45.2 Å². The van der Waals surface area contributed by atoms with Crippen LogP contribution in [-0.4, -0.2) is 50.3 Å². The summed E-state index contributed by atoms with van der Waals surface area (Å²) in [5, 5.41) is 0. The van der Waals surface area contributed by atoms with E-state index in [9.17, 15) is 9.18 Å². The Morgan fingerprint density at radius 3 is 2.29 bits per heavy atom. The van der Waals surface area contributed by atoms with Crippen molar-refractivity contribution in [2.45, 2.75) is 13.8 Å². The highest BCUT2D eigenvalue weighted by Crippen LogP contribution is 2.14. The summed E-state index contributed by atoms with van der Waals surface area (Å²) < 4.78 is 24.3. The van der Waals surface area contributed by atoms with Crippen molar-refractivity contribution in [2.75, 3.05) is 45.3 Å².